The number of H-pyrrole nitrogens is 1. The number of rotatable bonds is 3. The lowest BCUT2D eigenvalue weighted by Gasteiger charge is -2.44. The average Bonchev–Trinajstić information content (AvgIpc) is 3.26. The summed E-state index contributed by atoms with van der Waals surface area (Å²) < 4.78 is 0. The number of amides is 2. The molecule has 2 saturated heterocycles. The number of piperazine rings is 2. The molecular formula is C24H34N10O. The van der Waals surface area contributed by atoms with Crippen molar-refractivity contribution in [1.82, 2.24) is 40.3 Å². The Morgan fingerprint density at radius 2 is 1.83 bits per heavy atom. The first-order chi connectivity index (χ1) is 16.8. The number of nitrogens with zero attached hydrogens (tertiary/aromatic N) is 8. The van der Waals surface area contributed by atoms with Gasteiger partial charge in [-0.2, -0.15) is 5.10 Å². The standard InChI is InChI=1S/C24H34N10O/c1-15-12-32(9-8-25-15)20-7-6-18(10-26-20)21-22-19(29-30-21)11-27-23(28-22)34-16(2)13-33(14-17(34)3)24(35)31(4)5/h6-7,10-11,15-17,25H,8-9,12-14H2,1-5H3,(H,29,30)/t15?,16-,17+. The van der Waals surface area contributed by atoms with E-state index in [0.29, 0.717) is 25.1 Å². The molecule has 0 aliphatic carbocycles. The maximum absolute atomic E-state index is 12.5. The molecule has 1 unspecified atom stereocenters. The number of carbonyl (C=O) groups excluding carboxylic acids is 1. The fourth-order valence-electron chi connectivity index (χ4n) is 5.14. The van der Waals surface area contributed by atoms with Crippen LogP contribution in [0.15, 0.2) is 24.5 Å². The fraction of sp³-hybridized carbons (Fsp3) is 0.542. The van der Waals surface area contributed by atoms with Crippen molar-refractivity contribution in [3.63, 3.8) is 0 Å². The Hall–Kier alpha value is -3.47. The van der Waals surface area contributed by atoms with E-state index >= 15 is 0 Å². The summed E-state index contributed by atoms with van der Waals surface area (Å²) in [4.78, 5) is 34.8. The second kappa shape index (κ2) is 9.29. The van der Waals surface area contributed by atoms with Gasteiger partial charge in [0.15, 0.2) is 0 Å². The fourth-order valence-corrected chi connectivity index (χ4v) is 5.14. The van der Waals surface area contributed by atoms with Crippen LogP contribution in [0.1, 0.15) is 20.8 Å². The molecule has 186 valence electrons. The van der Waals surface area contributed by atoms with Gasteiger partial charge in [0.05, 0.1) is 6.20 Å². The first-order valence-corrected chi connectivity index (χ1v) is 12.2. The van der Waals surface area contributed by atoms with Crippen LogP contribution in [0.3, 0.4) is 0 Å². The molecule has 11 nitrogen and oxygen atoms in total. The third-order valence-electron chi connectivity index (χ3n) is 6.81. The van der Waals surface area contributed by atoms with Gasteiger partial charge >= 0.3 is 6.03 Å². The highest BCUT2D eigenvalue weighted by Gasteiger charge is 2.34. The third-order valence-corrected chi connectivity index (χ3v) is 6.81. The molecule has 2 fully saturated rings. The summed E-state index contributed by atoms with van der Waals surface area (Å²) in [5.74, 6) is 1.63. The van der Waals surface area contributed by atoms with Crippen molar-refractivity contribution in [2.24, 2.45) is 0 Å². The highest BCUT2D eigenvalue weighted by molar-refractivity contribution is 5.89. The molecule has 0 spiro atoms. The van der Waals surface area contributed by atoms with Gasteiger partial charge in [-0.15, -0.1) is 0 Å². The van der Waals surface area contributed by atoms with Crippen LogP contribution in [-0.4, -0.2) is 106 Å². The average molecular weight is 479 g/mol. The van der Waals surface area contributed by atoms with Crippen LogP contribution in [0.5, 0.6) is 0 Å². The minimum Gasteiger partial charge on any atom is -0.354 e. The smallest absolute Gasteiger partial charge is 0.319 e. The molecule has 3 aromatic rings. The van der Waals surface area contributed by atoms with Gasteiger partial charge in [-0.25, -0.2) is 19.7 Å². The van der Waals surface area contributed by atoms with E-state index in [9.17, 15) is 4.79 Å². The van der Waals surface area contributed by atoms with Crippen molar-refractivity contribution >= 4 is 28.8 Å². The molecule has 11 heteroatoms. The van der Waals surface area contributed by atoms with E-state index in [1.54, 1.807) is 25.2 Å². The molecule has 35 heavy (non-hydrogen) atoms. The largest absolute Gasteiger partial charge is 0.354 e. The lowest BCUT2D eigenvalue weighted by molar-refractivity contribution is 0.152. The van der Waals surface area contributed by atoms with Gasteiger partial charge in [-0.3, -0.25) is 5.10 Å². The second-order valence-corrected chi connectivity index (χ2v) is 9.90. The van der Waals surface area contributed by atoms with Crippen LogP contribution >= 0.6 is 0 Å². The summed E-state index contributed by atoms with van der Waals surface area (Å²) in [6.07, 6.45) is 3.66. The normalized spacial score (nSPS) is 23.1. The molecule has 3 aromatic heterocycles. The quantitative estimate of drug-likeness (QED) is 0.587. The molecule has 2 aliphatic rings. The van der Waals surface area contributed by atoms with Crippen LogP contribution in [0.2, 0.25) is 0 Å². The Morgan fingerprint density at radius 1 is 1.06 bits per heavy atom. The monoisotopic (exact) mass is 478 g/mol. The van der Waals surface area contributed by atoms with Crippen molar-refractivity contribution in [1.29, 1.82) is 0 Å². The minimum absolute atomic E-state index is 0.0306. The number of hydrogen-bond acceptors (Lipinski definition) is 8. The number of hydrogen-bond donors (Lipinski definition) is 2. The lowest BCUT2D eigenvalue weighted by Crippen LogP contribution is -2.60. The predicted octanol–water partition coefficient (Wildman–Crippen LogP) is 1.79. The Morgan fingerprint density at radius 3 is 2.49 bits per heavy atom. The van der Waals surface area contributed by atoms with Crippen molar-refractivity contribution < 1.29 is 4.79 Å². The van der Waals surface area contributed by atoms with Gasteiger partial charge in [0.25, 0.3) is 0 Å². The van der Waals surface area contributed by atoms with Gasteiger partial charge in [-0.1, -0.05) is 0 Å². The molecule has 5 rings (SSSR count). The van der Waals surface area contributed by atoms with Crippen LogP contribution in [0.4, 0.5) is 16.6 Å². The van der Waals surface area contributed by atoms with Gasteiger partial charge < -0.3 is 24.9 Å². The van der Waals surface area contributed by atoms with Crippen molar-refractivity contribution in [2.45, 2.75) is 38.9 Å². The van der Waals surface area contributed by atoms with Crippen LogP contribution < -0.4 is 15.1 Å². The second-order valence-electron chi connectivity index (χ2n) is 9.90. The number of aromatic nitrogens is 5. The molecule has 0 bridgehead atoms. The van der Waals surface area contributed by atoms with E-state index in [-0.39, 0.29) is 18.1 Å². The molecule has 0 saturated carbocycles. The van der Waals surface area contributed by atoms with Crippen molar-refractivity contribution in [2.75, 3.05) is 56.6 Å². The van der Waals surface area contributed by atoms with Gasteiger partial charge in [0, 0.05) is 76.7 Å². The van der Waals surface area contributed by atoms with Crippen LogP contribution in [0.25, 0.3) is 22.3 Å². The van der Waals surface area contributed by atoms with E-state index in [2.05, 4.69) is 63.2 Å². The SMILES string of the molecule is CC1CN(c2ccc(-c3n[nH]c4cnc(N5[C@H](C)CN(C(=O)N(C)C)C[C@@H]5C)nc34)cn2)CCN1. The highest BCUT2D eigenvalue weighted by Crippen LogP contribution is 2.29. The lowest BCUT2D eigenvalue weighted by atomic mass is 10.1. The first-order valence-electron chi connectivity index (χ1n) is 12.2. The van der Waals surface area contributed by atoms with E-state index in [0.717, 1.165) is 47.7 Å². The van der Waals surface area contributed by atoms with Gasteiger partial charge in [0.1, 0.15) is 22.5 Å². The zero-order chi connectivity index (χ0) is 24.7. The van der Waals surface area contributed by atoms with E-state index in [4.69, 9.17) is 9.97 Å². The molecule has 5 heterocycles. The molecular weight excluding hydrogens is 444 g/mol. The zero-order valence-electron chi connectivity index (χ0n) is 21.1. The zero-order valence-corrected chi connectivity index (χ0v) is 21.1. The Bertz CT molecular complexity index is 1180. The van der Waals surface area contributed by atoms with E-state index in [1.807, 2.05) is 11.1 Å². The Kier molecular flexibility index (Phi) is 6.18. The topological polar surface area (TPSA) is 109 Å². The number of pyridine rings is 1. The maximum Gasteiger partial charge on any atom is 0.319 e. The van der Waals surface area contributed by atoms with Gasteiger partial charge in [-0.05, 0) is 32.9 Å². The summed E-state index contributed by atoms with van der Waals surface area (Å²) >= 11 is 0. The number of carbonyl (C=O) groups is 1. The van der Waals surface area contributed by atoms with Crippen LogP contribution in [-0.2, 0) is 0 Å². The molecule has 0 aromatic carbocycles. The Balaban J connectivity index is 1.40. The maximum atomic E-state index is 12.5. The molecule has 3 atom stereocenters. The molecule has 2 aliphatic heterocycles. The van der Waals surface area contributed by atoms with Crippen LogP contribution in [0, 0.1) is 0 Å². The summed E-state index contributed by atoms with van der Waals surface area (Å²) in [5, 5.41) is 11.1. The number of aromatic amines is 1. The minimum atomic E-state index is 0.0306. The van der Waals surface area contributed by atoms with Gasteiger partial charge in [0.2, 0.25) is 5.95 Å². The highest BCUT2D eigenvalue weighted by atomic mass is 16.2. The summed E-state index contributed by atoms with van der Waals surface area (Å²) in [6, 6.07) is 4.76. The summed E-state index contributed by atoms with van der Waals surface area (Å²) in [5.41, 5.74) is 3.23. The molecule has 2 amide bonds. The van der Waals surface area contributed by atoms with Crippen molar-refractivity contribution in [3.8, 4) is 11.3 Å². The number of nitrogens with one attached hydrogen (secondary N) is 2. The summed E-state index contributed by atoms with van der Waals surface area (Å²) in [7, 11) is 3.57. The third kappa shape index (κ3) is 4.47. The predicted molar refractivity (Wildman–Crippen MR) is 137 cm³/mol. The molecule has 0 radical (unpaired) electrons. The van der Waals surface area contributed by atoms with E-state index in [1.165, 1.54) is 0 Å². The van der Waals surface area contributed by atoms with Crippen molar-refractivity contribution in [3.05, 3.63) is 24.5 Å². The molecule has 2 N–H and O–H groups in total. The number of anilines is 2. The van der Waals surface area contributed by atoms with E-state index < -0.39 is 0 Å². The Labute approximate surface area is 205 Å². The number of urea groups is 1. The summed E-state index contributed by atoms with van der Waals surface area (Å²) in [6.45, 7) is 10.5. The number of fused-ring (bicyclic) bond motifs is 1. The first kappa shape index (κ1) is 23.3.